The summed E-state index contributed by atoms with van der Waals surface area (Å²) in [5.41, 5.74) is 0.479. The maximum Gasteiger partial charge on any atom is 0.0325 e. The van der Waals surface area contributed by atoms with Crippen molar-refractivity contribution in [1.29, 1.82) is 0 Å². The van der Waals surface area contributed by atoms with E-state index in [2.05, 4.69) is 48.6 Å². The molecule has 0 aromatic carbocycles. The zero-order valence-corrected chi connectivity index (χ0v) is 14.8. The van der Waals surface area contributed by atoms with Gasteiger partial charge < -0.3 is 10.2 Å². The van der Waals surface area contributed by atoms with Gasteiger partial charge in [0, 0.05) is 30.6 Å². The molecular weight excluding hydrogens is 276 g/mol. The molecule has 2 nitrogen and oxygen atoms in total. The Balaban J connectivity index is 1.96. The summed E-state index contributed by atoms with van der Waals surface area (Å²) >= 11 is 1.88. The van der Waals surface area contributed by atoms with E-state index in [1.807, 2.05) is 11.3 Å². The molecule has 21 heavy (non-hydrogen) atoms. The molecule has 1 N–H and O–H groups in total. The molecule has 1 aliphatic carbocycles. The van der Waals surface area contributed by atoms with Crippen LogP contribution in [0.5, 0.6) is 0 Å². The van der Waals surface area contributed by atoms with E-state index in [4.69, 9.17) is 0 Å². The van der Waals surface area contributed by atoms with Gasteiger partial charge in [-0.3, -0.25) is 0 Å². The number of hydrogen-bond donors (Lipinski definition) is 1. The number of hydrogen-bond acceptors (Lipinski definition) is 3. The van der Waals surface area contributed by atoms with Crippen LogP contribution < -0.4 is 5.32 Å². The third-order valence-corrected chi connectivity index (χ3v) is 5.52. The van der Waals surface area contributed by atoms with Gasteiger partial charge in [0.15, 0.2) is 0 Å². The lowest BCUT2D eigenvalue weighted by Gasteiger charge is -2.37. The fourth-order valence-electron chi connectivity index (χ4n) is 3.59. The Kier molecular flexibility index (Phi) is 6.72. The van der Waals surface area contributed by atoms with Crippen molar-refractivity contribution in [1.82, 2.24) is 10.2 Å². The second kappa shape index (κ2) is 8.30. The van der Waals surface area contributed by atoms with Crippen LogP contribution in [0.25, 0.3) is 0 Å². The second-order valence-electron chi connectivity index (χ2n) is 7.20. The number of nitrogens with zero attached hydrogens (tertiary/aromatic N) is 1. The second-order valence-corrected chi connectivity index (χ2v) is 8.23. The molecular formula is C18H32N2S. The Labute approximate surface area is 134 Å². The van der Waals surface area contributed by atoms with E-state index in [1.54, 1.807) is 0 Å². The molecule has 0 spiro atoms. The Hall–Kier alpha value is -0.380. The van der Waals surface area contributed by atoms with E-state index in [0.29, 0.717) is 11.5 Å². The van der Waals surface area contributed by atoms with E-state index in [1.165, 1.54) is 56.5 Å². The number of thiophene rings is 1. The highest BCUT2D eigenvalue weighted by molar-refractivity contribution is 7.09. The van der Waals surface area contributed by atoms with Crippen LogP contribution in [-0.4, -0.2) is 31.1 Å². The van der Waals surface area contributed by atoms with E-state index in [0.717, 1.165) is 6.54 Å². The Bertz CT molecular complexity index is 378. The third kappa shape index (κ3) is 5.72. The molecule has 0 radical (unpaired) electrons. The average Bonchev–Trinajstić information content (AvgIpc) is 2.82. The fourth-order valence-corrected chi connectivity index (χ4v) is 4.37. The van der Waals surface area contributed by atoms with Crippen LogP contribution in [0, 0.1) is 5.41 Å². The van der Waals surface area contributed by atoms with Crippen molar-refractivity contribution in [3.8, 4) is 0 Å². The average molecular weight is 309 g/mol. The van der Waals surface area contributed by atoms with Crippen molar-refractivity contribution < 1.29 is 0 Å². The maximum atomic E-state index is 3.72. The molecule has 1 aromatic heterocycles. The number of rotatable bonds is 7. The molecule has 2 rings (SSSR count). The van der Waals surface area contributed by atoms with Gasteiger partial charge in [0.25, 0.3) is 0 Å². The van der Waals surface area contributed by atoms with Gasteiger partial charge in [0.2, 0.25) is 0 Å². The van der Waals surface area contributed by atoms with Gasteiger partial charge in [-0.25, -0.2) is 0 Å². The molecule has 3 heteroatoms. The minimum absolute atomic E-state index is 0.479. The van der Waals surface area contributed by atoms with Crippen LogP contribution in [0.4, 0.5) is 0 Å². The highest BCUT2D eigenvalue weighted by Crippen LogP contribution is 2.35. The number of nitrogens with one attached hydrogen (secondary N) is 1. The molecule has 0 aliphatic heterocycles. The van der Waals surface area contributed by atoms with Crippen molar-refractivity contribution in [3.63, 3.8) is 0 Å². The zero-order chi connectivity index (χ0) is 15.1. The normalized spacial score (nSPS) is 19.1. The molecule has 1 aromatic rings. The summed E-state index contributed by atoms with van der Waals surface area (Å²) in [6.07, 6.45) is 8.46. The molecule has 1 saturated carbocycles. The predicted molar refractivity (Wildman–Crippen MR) is 93.9 cm³/mol. The summed E-state index contributed by atoms with van der Waals surface area (Å²) < 4.78 is 0. The van der Waals surface area contributed by atoms with Crippen LogP contribution in [0.2, 0.25) is 0 Å². The van der Waals surface area contributed by atoms with Crippen molar-refractivity contribution in [2.24, 2.45) is 5.41 Å². The highest BCUT2D eigenvalue weighted by atomic mass is 32.1. The zero-order valence-electron chi connectivity index (χ0n) is 14.0. The molecule has 0 unspecified atom stereocenters. The first-order chi connectivity index (χ1) is 10.1. The third-order valence-electron chi connectivity index (χ3n) is 4.66. The molecule has 120 valence electrons. The van der Waals surface area contributed by atoms with Crippen molar-refractivity contribution in [3.05, 3.63) is 22.4 Å². The van der Waals surface area contributed by atoms with Gasteiger partial charge in [0.1, 0.15) is 0 Å². The minimum atomic E-state index is 0.479. The minimum Gasteiger partial charge on any atom is -0.314 e. The summed E-state index contributed by atoms with van der Waals surface area (Å²) in [7, 11) is 2.29. The lowest BCUT2D eigenvalue weighted by molar-refractivity contribution is 0.139. The van der Waals surface area contributed by atoms with Gasteiger partial charge in [-0.15, -0.1) is 11.3 Å². The lowest BCUT2D eigenvalue weighted by atomic mass is 9.79. The Morgan fingerprint density at radius 2 is 1.95 bits per heavy atom. The summed E-state index contributed by atoms with van der Waals surface area (Å²) in [5, 5.41) is 5.91. The quantitative estimate of drug-likeness (QED) is 0.745. The standard InChI is InChI=1S/C18H32N2S/c1-16(2)19-14-18(10-6-4-5-7-11-18)15-20(3)13-17-9-8-12-21-17/h8-9,12,16,19H,4-7,10-11,13-15H2,1-3H3. The summed E-state index contributed by atoms with van der Waals surface area (Å²) in [6.45, 7) is 8.03. The Morgan fingerprint density at radius 1 is 1.24 bits per heavy atom. The maximum absolute atomic E-state index is 3.72. The molecule has 0 amide bonds. The lowest BCUT2D eigenvalue weighted by Crippen LogP contribution is -2.44. The topological polar surface area (TPSA) is 15.3 Å². The van der Waals surface area contributed by atoms with Gasteiger partial charge >= 0.3 is 0 Å². The van der Waals surface area contributed by atoms with Gasteiger partial charge in [-0.1, -0.05) is 45.6 Å². The van der Waals surface area contributed by atoms with E-state index >= 15 is 0 Å². The smallest absolute Gasteiger partial charge is 0.0325 e. The molecule has 1 aliphatic rings. The molecule has 0 saturated heterocycles. The highest BCUT2D eigenvalue weighted by Gasteiger charge is 2.32. The van der Waals surface area contributed by atoms with Crippen molar-refractivity contribution in [2.45, 2.75) is 65.0 Å². The SMILES string of the molecule is CC(C)NCC1(CN(C)Cc2cccs2)CCCCCC1. The molecule has 0 atom stereocenters. The van der Waals surface area contributed by atoms with Crippen molar-refractivity contribution >= 4 is 11.3 Å². The van der Waals surface area contributed by atoms with Crippen molar-refractivity contribution in [2.75, 3.05) is 20.1 Å². The van der Waals surface area contributed by atoms with Gasteiger partial charge in [-0.05, 0) is 36.8 Å². The van der Waals surface area contributed by atoms with Crippen LogP contribution >= 0.6 is 11.3 Å². The predicted octanol–water partition coefficient (Wildman–Crippen LogP) is 4.52. The van der Waals surface area contributed by atoms with E-state index < -0.39 is 0 Å². The summed E-state index contributed by atoms with van der Waals surface area (Å²) in [4.78, 5) is 4.03. The monoisotopic (exact) mass is 308 g/mol. The molecule has 0 bridgehead atoms. The summed E-state index contributed by atoms with van der Waals surface area (Å²) in [6, 6.07) is 5.01. The van der Waals surface area contributed by atoms with Gasteiger partial charge in [0.05, 0.1) is 0 Å². The fraction of sp³-hybridized carbons (Fsp3) is 0.778. The van der Waals surface area contributed by atoms with E-state index in [-0.39, 0.29) is 0 Å². The van der Waals surface area contributed by atoms with Crippen LogP contribution in [0.15, 0.2) is 17.5 Å². The van der Waals surface area contributed by atoms with Gasteiger partial charge in [-0.2, -0.15) is 0 Å². The first kappa shape index (κ1) is 17.0. The van der Waals surface area contributed by atoms with Crippen LogP contribution in [0.1, 0.15) is 57.2 Å². The summed E-state index contributed by atoms with van der Waals surface area (Å²) in [5.74, 6) is 0. The van der Waals surface area contributed by atoms with Crippen LogP contribution in [-0.2, 0) is 6.54 Å². The first-order valence-corrected chi connectivity index (χ1v) is 9.42. The first-order valence-electron chi connectivity index (χ1n) is 8.54. The van der Waals surface area contributed by atoms with E-state index in [9.17, 15) is 0 Å². The Morgan fingerprint density at radius 3 is 2.52 bits per heavy atom. The largest absolute Gasteiger partial charge is 0.314 e. The van der Waals surface area contributed by atoms with Crippen LogP contribution in [0.3, 0.4) is 0 Å². The molecule has 1 fully saturated rings. The molecule has 1 heterocycles.